The van der Waals surface area contributed by atoms with Gasteiger partial charge < -0.3 is 9.73 Å². The van der Waals surface area contributed by atoms with Crippen LogP contribution in [-0.4, -0.2) is 12.1 Å². The molecule has 3 aromatic rings. The Morgan fingerprint density at radius 2 is 1.88 bits per heavy atom. The summed E-state index contributed by atoms with van der Waals surface area (Å²) in [5, 5.41) is 4.16. The molecule has 0 spiro atoms. The van der Waals surface area contributed by atoms with E-state index in [9.17, 15) is 4.79 Å². The molecule has 0 aliphatic carbocycles. The number of furan rings is 1. The number of benzene rings is 2. The smallest absolute Gasteiger partial charge is 0.221 e. The van der Waals surface area contributed by atoms with Crippen LogP contribution >= 0.6 is 39.3 Å². The van der Waals surface area contributed by atoms with Crippen molar-refractivity contribution in [3.63, 3.8) is 0 Å². The second-order valence-corrected chi connectivity index (χ2v) is 7.66. The maximum absolute atomic E-state index is 11.0. The number of amides is 1. The number of rotatable bonds is 5. The molecule has 1 N–H and O–H groups in total. The lowest BCUT2D eigenvalue weighted by Crippen LogP contribution is -2.04. The van der Waals surface area contributed by atoms with Gasteiger partial charge in [-0.2, -0.15) is 0 Å². The molecule has 0 saturated carbocycles. The van der Waals surface area contributed by atoms with E-state index in [1.807, 2.05) is 42.5 Å². The standard InChI is InChI=1S/C19H14BrClN2O2S/c1-12(24)23-15-6-4-14(5-7-15)22-11-16-10-18(20)19(25-16)26-17-8-2-13(21)3-9-17/h2-11H,1H3,(H,23,24). The lowest BCUT2D eigenvalue weighted by atomic mass is 10.3. The monoisotopic (exact) mass is 448 g/mol. The molecule has 3 rings (SSSR count). The van der Waals surface area contributed by atoms with Gasteiger partial charge in [-0.25, -0.2) is 0 Å². The van der Waals surface area contributed by atoms with E-state index in [2.05, 4.69) is 26.2 Å². The average molecular weight is 450 g/mol. The molecule has 4 nitrogen and oxygen atoms in total. The van der Waals surface area contributed by atoms with E-state index >= 15 is 0 Å². The van der Waals surface area contributed by atoms with E-state index in [1.54, 1.807) is 18.3 Å². The van der Waals surface area contributed by atoms with Gasteiger partial charge in [-0.1, -0.05) is 23.4 Å². The normalized spacial score (nSPS) is 11.0. The minimum absolute atomic E-state index is 0.104. The summed E-state index contributed by atoms with van der Waals surface area (Å²) in [6.45, 7) is 1.47. The Bertz CT molecular complexity index is 937. The fourth-order valence-electron chi connectivity index (χ4n) is 2.08. The van der Waals surface area contributed by atoms with Crippen molar-refractivity contribution in [2.24, 2.45) is 4.99 Å². The molecule has 0 bridgehead atoms. The molecule has 1 heterocycles. The molecule has 7 heteroatoms. The molecule has 0 radical (unpaired) electrons. The van der Waals surface area contributed by atoms with Crippen LogP contribution in [-0.2, 0) is 4.79 Å². The minimum Gasteiger partial charge on any atom is -0.447 e. The first-order valence-electron chi connectivity index (χ1n) is 7.64. The molecule has 132 valence electrons. The van der Waals surface area contributed by atoms with Gasteiger partial charge in [-0.15, -0.1) is 0 Å². The van der Waals surface area contributed by atoms with Crippen molar-refractivity contribution in [2.45, 2.75) is 16.9 Å². The summed E-state index contributed by atoms with van der Waals surface area (Å²) in [6, 6.07) is 16.7. The summed E-state index contributed by atoms with van der Waals surface area (Å²) in [4.78, 5) is 16.4. The third-order valence-electron chi connectivity index (χ3n) is 3.23. The summed E-state index contributed by atoms with van der Waals surface area (Å²) >= 11 is 10.9. The van der Waals surface area contributed by atoms with Crippen LogP contribution < -0.4 is 5.32 Å². The van der Waals surface area contributed by atoms with E-state index in [4.69, 9.17) is 16.0 Å². The number of aliphatic imine (C=N–C) groups is 1. The van der Waals surface area contributed by atoms with Crippen LogP contribution in [0.3, 0.4) is 0 Å². The summed E-state index contributed by atoms with van der Waals surface area (Å²) in [6.07, 6.45) is 1.66. The van der Waals surface area contributed by atoms with E-state index in [1.165, 1.54) is 18.7 Å². The average Bonchev–Trinajstić information content (AvgIpc) is 2.95. The number of nitrogens with one attached hydrogen (secondary N) is 1. The predicted octanol–water partition coefficient (Wildman–Crippen LogP) is 6.56. The first-order chi connectivity index (χ1) is 12.5. The van der Waals surface area contributed by atoms with Crippen molar-refractivity contribution in [2.75, 3.05) is 5.32 Å². The molecule has 0 aliphatic rings. The summed E-state index contributed by atoms with van der Waals surface area (Å²) in [7, 11) is 0. The largest absolute Gasteiger partial charge is 0.447 e. The van der Waals surface area contributed by atoms with Gasteiger partial charge in [0.15, 0.2) is 5.09 Å². The van der Waals surface area contributed by atoms with Gasteiger partial charge in [0.1, 0.15) is 5.76 Å². The first kappa shape index (κ1) is 18.8. The zero-order chi connectivity index (χ0) is 18.5. The van der Waals surface area contributed by atoms with Crippen LogP contribution in [0.25, 0.3) is 0 Å². The fraction of sp³-hybridized carbons (Fsp3) is 0.0526. The zero-order valence-corrected chi connectivity index (χ0v) is 16.9. The molecule has 2 aromatic carbocycles. The van der Waals surface area contributed by atoms with Gasteiger partial charge in [0.25, 0.3) is 0 Å². The van der Waals surface area contributed by atoms with Crippen molar-refractivity contribution in [1.29, 1.82) is 0 Å². The number of carbonyl (C=O) groups is 1. The molecule has 0 saturated heterocycles. The van der Waals surface area contributed by atoms with E-state index in [0.29, 0.717) is 10.8 Å². The Balaban J connectivity index is 1.69. The topological polar surface area (TPSA) is 54.6 Å². The number of nitrogens with zero attached hydrogens (tertiary/aromatic N) is 1. The van der Waals surface area contributed by atoms with Crippen molar-refractivity contribution >= 4 is 62.8 Å². The predicted molar refractivity (Wildman–Crippen MR) is 110 cm³/mol. The molecule has 0 fully saturated rings. The summed E-state index contributed by atoms with van der Waals surface area (Å²) < 4.78 is 6.68. The molecular formula is C19H14BrClN2O2S. The van der Waals surface area contributed by atoms with Crippen LogP contribution in [0.5, 0.6) is 0 Å². The number of carbonyl (C=O) groups excluding carboxylic acids is 1. The second kappa shape index (κ2) is 8.58. The third-order valence-corrected chi connectivity index (χ3v) is 5.33. The highest BCUT2D eigenvalue weighted by molar-refractivity contribution is 9.10. The van der Waals surface area contributed by atoms with Crippen LogP contribution in [0.4, 0.5) is 11.4 Å². The van der Waals surface area contributed by atoms with Gasteiger partial charge in [0.05, 0.1) is 16.4 Å². The second-order valence-electron chi connectivity index (χ2n) is 5.33. The quantitative estimate of drug-likeness (QED) is 0.449. The molecule has 1 amide bonds. The molecule has 26 heavy (non-hydrogen) atoms. The van der Waals surface area contributed by atoms with Gasteiger partial charge in [-0.05, 0) is 64.5 Å². The van der Waals surface area contributed by atoms with E-state index in [-0.39, 0.29) is 5.91 Å². The number of hydrogen-bond donors (Lipinski definition) is 1. The molecule has 1 aromatic heterocycles. The molecule has 0 aliphatic heterocycles. The SMILES string of the molecule is CC(=O)Nc1ccc(N=Cc2cc(Br)c(Sc3ccc(Cl)cc3)o2)cc1. The maximum Gasteiger partial charge on any atom is 0.221 e. The Hall–Kier alpha value is -2.02. The number of anilines is 1. The van der Waals surface area contributed by atoms with Gasteiger partial charge >= 0.3 is 0 Å². The van der Waals surface area contributed by atoms with Crippen LogP contribution in [0.2, 0.25) is 5.02 Å². The highest BCUT2D eigenvalue weighted by atomic mass is 79.9. The van der Waals surface area contributed by atoms with Crippen LogP contribution in [0, 0.1) is 0 Å². The fourth-order valence-corrected chi connectivity index (χ4v) is 3.54. The Morgan fingerprint density at radius 1 is 1.19 bits per heavy atom. The van der Waals surface area contributed by atoms with E-state index < -0.39 is 0 Å². The summed E-state index contributed by atoms with van der Waals surface area (Å²) in [5.41, 5.74) is 1.50. The molecular weight excluding hydrogens is 436 g/mol. The van der Waals surface area contributed by atoms with Crippen molar-refractivity contribution < 1.29 is 9.21 Å². The third kappa shape index (κ3) is 5.24. The first-order valence-corrected chi connectivity index (χ1v) is 9.63. The lowest BCUT2D eigenvalue weighted by Gasteiger charge is -2.01. The maximum atomic E-state index is 11.0. The molecule has 0 unspecified atom stereocenters. The van der Waals surface area contributed by atoms with E-state index in [0.717, 1.165) is 25.8 Å². The summed E-state index contributed by atoms with van der Waals surface area (Å²) in [5.74, 6) is 0.534. The van der Waals surface area contributed by atoms with Crippen molar-refractivity contribution in [3.05, 3.63) is 69.9 Å². The van der Waals surface area contributed by atoms with Gasteiger partial charge in [0, 0.05) is 28.6 Å². The Morgan fingerprint density at radius 3 is 2.54 bits per heavy atom. The highest BCUT2D eigenvalue weighted by Gasteiger charge is 2.09. The van der Waals surface area contributed by atoms with Gasteiger partial charge in [-0.3, -0.25) is 9.79 Å². The lowest BCUT2D eigenvalue weighted by molar-refractivity contribution is -0.114. The Labute approximate surface area is 168 Å². The zero-order valence-electron chi connectivity index (χ0n) is 13.7. The minimum atomic E-state index is -0.104. The van der Waals surface area contributed by atoms with Crippen LogP contribution in [0.1, 0.15) is 12.7 Å². The van der Waals surface area contributed by atoms with Gasteiger partial charge in [0.2, 0.25) is 5.91 Å². The Kier molecular flexibility index (Phi) is 6.19. The van der Waals surface area contributed by atoms with Crippen molar-refractivity contribution in [1.82, 2.24) is 0 Å². The van der Waals surface area contributed by atoms with Crippen molar-refractivity contribution in [3.8, 4) is 0 Å². The number of hydrogen-bond acceptors (Lipinski definition) is 4. The highest BCUT2D eigenvalue weighted by Crippen LogP contribution is 2.36. The molecule has 0 atom stereocenters. The number of halogens is 2. The van der Waals surface area contributed by atoms with Crippen LogP contribution in [0.15, 0.2) is 78.5 Å².